The first-order valence-corrected chi connectivity index (χ1v) is 7.19. The van der Waals surface area contributed by atoms with Gasteiger partial charge in [0.25, 0.3) is 0 Å². The monoisotopic (exact) mass is 339 g/mol. The Labute approximate surface area is 139 Å². The second-order valence-corrected chi connectivity index (χ2v) is 5.82. The number of methoxy groups -OCH3 is 1. The Morgan fingerprint density at radius 2 is 1.75 bits per heavy atom. The van der Waals surface area contributed by atoms with Gasteiger partial charge in [-0.2, -0.15) is 0 Å². The van der Waals surface area contributed by atoms with Crippen LogP contribution in [0, 0.1) is 0 Å². The van der Waals surface area contributed by atoms with E-state index in [1.165, 1.54) is 25.3 Å². The average Bonchev–Trinajstić information content (AvgIpc) is 2.48. The predicted molar refractivity (Wildman–Crippen MR) is 84.5 cm³/mol. The number of aromatic carboxylic acids is 1. The molecular weight excluding hydrogens is 318 g/mol. The molecule has 0 radical (unpaired) electrons. The molecule has 0 aromatic heterocycles. The van der Waals surface area contributed by atoms with E-state index in [4.69, 9.17) is 14.6 Å². The molecule has 0 heterocycles. The molecule has 24 heavy (non-hydrogen) atoms. The number of rotatable bonds is 6. The maximum absolute atomic E-state index is 11.5. The lowest BCUT2D eigenvalue weighted by Crippen LogP contribution is -2.34. The lowest BCUT2D eigenvalue weighted by atomic mass is 10.1. The fourth-order valence-corrected chi connectivity index (χ4v) is 1.68. The highest BCUT2D eigenvalue weighted by atomic mass is 16.6. The standard InChI is InChI=1S/C16H21NO7/c1-16(2,3)24-15(21)17-5-6-23-12-8-10(13(18)19)7-11(9-12)14(20)22-4/h7-9H,5-6H2,1-4H3,(H,17,21)(H,18,19). The number of carboxylic acids is 1. The quantitative estimate of drug-likeness (QED) is 0.603. The van der Waals surface area contributed by atoms with Gasteiger partial charge >= 0.3 is 18.0 Å². The molecule has 0 aliphatic carbocycles. The van der Waals surface area contributed by atoms with Crippen molar-refractivity contribution in [1.29, 1.82) is 0 Å². The molecular formula is C16H21NO7. The Balaban J connectivity index is 2.64. The van der Waals surface area contributed by atoms with Gasteiger partial charge in [-0.3, -0.25) is 0 Å². The van der Waals surface area contributed by atoms with Gasteiger partial charge in [0.05, 0.1) is 24.8 Å². The van der Waals surface area contributed by atoms with Gasteiger partial charge in [-0.15, -0.1) is 0 Å². The summed E-state index contributed by atoms with van der Waals surface area (Å²) in [6.07, 6.45) is -0.583. The lowest BCUT2D eigenvalue weighted by molar-refractivity contribution is 0.0519. The molecule has 0 fully saturated rings. The largest absolute Gasteiger partial charge is 0.492 e. The molecule has 1 aromatic rings. The third kappa shape index (κ3) is 6.55. The maximum Gasteiger partial charge on any atom is 0.407 e. The van der Waals surface area contributed by atoms with E-state index in [1.807, 2.05) is 0 Å². The summed E-state index contributed by atoms with van der Waals surface area (Å²) in [5.74, 6) is -1.69. The van der Waals surface area contributed by atoms with Crippen molar-refractivity contribution in [3.8, 4) is 5.75 Å². The molecule has 0 saturated heterocycles. The van der Waals surface area contributed by atoms with Gasteiger partial charge in [-0.05, 0) is 39.0 Å². The zero-order valence-corrected chi connectivity index (χ0v) is 14.0. The van der Waals surface area contributed by atoms with Gasteiger partial charge in [0.15, 0.2) is 0 Å². The van der Waals surface area contributed by atoms with Crippen LogP contribution in [-0.4, -0.2) is 49.0 Å². The van der Waals surface area contributed by atoms with Crippen LogP contribution in [0.2, 0.25) is 0 Å². The molecule has 0 atom stereocenters. The van der Waals surface area contributed by atoms with Crippen LogP contribution in [0.1, 0.15) is 41.5 Å². The number of carboxylic acid groups (broad SMARTS) is 1. The molecule has 0 saturated carbocycles. The summed E-state index contributed by atoms with van der Waals surface area (Å²) in [6.45, 7) is 5.46. The smallest absolute Gasteiger partial charge is 0.407 e. The Kier molecular flexibility index (Phi) is 6.58. The van der Waals surface area contributed by atoms with E-state index >= 15 is 0 Å². The van der Waals surface area contributed by atoms with E-state index in [0.29, 0.717) is 0 Å². The molecule has 0 aliphatic heterocycles. The summed E-state index contributed by atoms with van der Waals surface area (Å²) in [5.41, 5.74) is -0.642. The van der Waals surface area contributed by atoms with Crippen molar-refractivity contribution in [2.75, 3.05) is 20.3 Å². The van der Waals surface area contributed by atoms with Gasteiger partial charge < -0.3 is 24.6 Å². The number of amides is 1. The number of nitrogens with one attached hydrogen (secondary N) is 1. The Bertz CT molecular complexity index is 619. The molecule has 0 aliphatic rings. The summed E-state index contributed by atoms with van der Waals surface area (Å²) < 4.78 is 15.0. The normalized spacial score (nSPS) is 10.7. The molecule has 1 aromatic carbocycles. The van der Waals surface area contributed by atoms with Crippen LogP contribution < -0.4 is 10.1 Å². The first kappa shape index (κ1) is 19.3. The molecule has 8 heteroatoms. The predicted octanol–water partition coefficient (Wildman–Crippen LogP) is 2.07. The number of carbonyl (C=O) groups excluding carboxylic acids is 2. The lowest BCUT2D eigenvalue weighted by Gasteiger charge is -2.19. The highest BCUT2D eigenvalue weighted by Gasteiger charge is 2.16. The number of ether oxygens (including phenoxy) is 3. The van der Waals surface area contributed by atoms with Crippen LogP contribution in [0.15, 0.2) is 18.2 Å². The van der Waals surface area contributed by atoms with Crippen molar-refractivity contribution in [3.63, 3.8) is 0 Å². The molecule has 1 amide bonds. The highest BCUT2D eigenvalue weighted by molar-refractivity contribution is 5.95. The van der Waals surface area contributed by atoms with E-state index in [0.717, 1.165) is 0 Å². The minimum absolute atomic E-state index is 0.0625. The zero-order valence-electron chi connectivity index (χ0n) is 14.0. The first-order valence-electron chi connectivity index (χ1n) is 7.19. The van der Waals surface area contributed by atoms with E-state index in [-0.39, 0.29) is 30.0 Å². The highest BCUT2D eigenvalue weighted by Crippen LogP contribution is 2.18. The maximum atomic E-state index is 11.5. The van der Waals surface area contributed by atoms with Crippen molar-refractivity contribution in [2.45, 2.75) is 26.4 Å². The fraction of sp³-hybridized carbons (Fsp3) is 0.438. The minimum atomic E-state index is -1.20. The van der Waals surface area contributed by atoms with E-state index in [1.54, 1.807) is 20.8 Å². The third-order valence-corrected chi connectivity index (χ3v) is 2.61. The number of benzene rings is 1. The number of hydrogen-bond acceptors (Lipinski definition) is 6. The molecule has 2 N–H and O–H groups in total. The number of alkyl carbamates (subject to hydrolysis) is 1. The SMILES string of the molecule is COC(=O)c1cc(OCCNC(=O)OC(C)(C)C)cc(C(=O)O)c1. The summed E-state index contributed by atoms with van der Waals surface area (Å²) in [5, 5.41) is 11.6. The van der Waals surface area contributed by atoms with E-state index < -0.39 is 23.6 Å². The van der Waals surface area contributed by atoms with Crippen LogP contribution in [0.4, 0.5) is 4.79 Å². The van der Waals surface area contributed by atoms with Gasteiger partial charge in [-0.25, -0.2) is 14.4 Å². The van der Waals surface area contributed by atoms with Crippen molar-refractivity contribution >= 4 is 18.0 Å². The Morgan fingerprint density at radius 1 is 1.12 bits per heavy atom. The molecule has 0 bridgehead atoms. The minimum Gasteiger partial charge on any atom is -0.492 e. The Hall–Kier alpha value is -2.77. The van der Waals surface area contributed by atoms with Gasteiger partial charge in [0.2, 0.25) is 0 Å². The van der Waals surface area contributed by atoms with Gasteiger partial charge in [0, 0.05) is 0 Å². The second-order valence-electron chi connectivity index (χ2n) is 5.82. The van der Waals surface area contributed by atoms with Crippen molar-refractivity contribution in [3.05, 3.63) is 29.3 Å². The summed E-state index contributed by atoms with van der Waals surface area (Å²) >= 11 is 0. The third-order valence-electron chi connectivity index (χ3n) is 2.61. The zero-order chi connectivity index (χ0) is 18.3. The molecule has 132 valence electrons. The van der Waals surface area contributed by atoms with Crippen LogP contribution in [0.25, 0.3) is 0 Å². The number of esters is 1. The number of carbonyl (C=O) groups is 3. The summed E-state index contributed by atoms with van der Waals surface area (Å²) in [4.78, 5) is 34.1. The molecule has 8 nitrogen and oxygen atoms in total. The van der Waals surface area contributed by atoms with E-state index in [2.05, 4.69) is 10.1 Å². The molecule has 0 unspecified atom stereocenters. The van der Waals surface area contributed by atoms with Crippen LogP contribution in [-0.2, 0) is 9.47 Å². The van der Waals surface area contributed by atoms with Gasteiger partial charge in [-0.1, -0.05) is 0 Å². The second kappa shape index (κ2) is 8.19. The van der Waals surface area contributed by atoms with E-state index in [9.17, 15) is 14.4 Å². The Morgan fingerprint density at radius 3 is 2.29 bits per heavy atom. The molecule has 1 rings (SSSR count). The van der Waals surface area contributed by atoms with Crippen LogP contribution in [0.3, 0.4) is 0 Å². The summed E-state index contributed by atoms with van der Waals surface area (Å²) in [7, 11) is 1.20. The topological polar surface area (TPSA) is 111 Å². The fourth-order valence-electron chi connectivity index (χ4n) is 1.68. The summed E-state index contributed by atoms with van der Waals surface area (Å²) in [6, 6.07) is 3.84. The van der Waals surface area contributed by atoms with Gasteiger partial charge in [0.1, 0.15) is 18.0 Å². The van der Waals surface area contributed by atoms with Crippen molar-refractivity contribution < 1.29 is 33.7 Å². The van der Waals surface area contributed by atoms with Crippen LogP contribution in [0.5, 0.6) is 5.75 Å². The first-order chi connectivity index (χ1) is 11.1. The van der Waals surface area contributed by atoms with Crippen LogP contribution >= 0.6 is 0 Å². The average molecular weight is 339 g/mol. The molecule has 0 spiro atoms. The number of hydrogen-bond donors (Lipinski definition) is 2. The van der Waals surface area contributed by atoms with Crippen molar-refractivity contribution in [1.82, 2.24) is 5.32 Å². The van der Waals surface area contributed by atoms with Crippen molar-refractivity contribution in [2.24, 2.45) is 0 Å².